The maximum atomic E-state index is 12.0. The minimum Gasteiger partial charge on any atom is -0.464 e. The lowest BCUT2D eigenvalue weighted by atomic mass is 10.2. The molecule has 1 aromatic heterocycles. The predicted octanol–water partition coefficient (Wildman–Crippen LogP) is 2.88. The topological polar surface area (TPSA) is 59.3 Å². The zero-order valence-electron chi connectivity index (χ0n) is 11.0. The number of hydrogen-bond acceptors (Lipinski definition) is 3. The minimum atomic E-state index is -3.42. The van der Waals surface area contributed by atoms with E-state index in [0.29, 0.717) is 6.54 Å². The van der Waals surface area contributed by atoms with Gasteiger partial charge in [0.2, 0.25) is 10.0 Å². The fraction of sp³-hybridized carbons (Fsp3) is 0.286. The van der Waals surface area contributed by atoms with E-state index in [9.17, 15) is 8.42 Å². The van der Waals surface area contributed by atoms with Gasteiger partial charge in [0.1, 0.15) is 5.76 Å². The molecule has 0 aliphatic rings. The molecule has 0 aliphatic carbocycles. The van der Waals surface area contributed by atoms with E-state index in [1.807, 2.05) is 19.9 Å². The quantitative estimate of drug-likeness (QED) is 0.915. The molecule has 0 amide bonds. The summed E-state index contributed by atoms with van der Waals surface area (Å²) in [5.41, 5.74) is 0.854. The van der Waals surface area contributed by atoms with Crippen LogP contribution in [0.1, 0.15) is 13.8 Å². The van der Waals surface area contributed by atoms with Crippen LogP contribution in [0.4, 0.5) is 0 Å². The molecule has 2 rings (SSSR count). The molecule has 0 fully saturated rings. The van der Waals surface area contributed by atoms with Gasteiger partial charge in [0.05, 0.1) is 11.2 Å². The normalized spacial score (nSPS) is 11.9. The molecule has 2 aromatic rings. The van der Waals surface area contributed by atoms with Crippen LogP contribution in [0, 0.1) is 5.92 Å². The average Bonchev–Trinajstić information content (AvgIpc) is 2.91. The molecule has 0 aliphatic heterocycles. The molecule has 19 heavy (non-hydrogen) atoms. The summed E-state index contributed by atoms with van der Waals surface area (Å²) in [5.74, 6) is 0.997. The van der Waals surface area contributed by atoms with Gasteiger partial charge in [-0.1, -0.05) is 13.8 Å². The van der Waals surface area contributed by atoms with E-state index in [0.717, 1.165) is 11.3 Å². The minimum absolute atomic E-state index is 0.267. The molecule has 0 radical (unpaired) electrons. The molecule has 0 atom stereocenters. The van der Waals surface area contributed by atoms with Gasteiger partial charge in [-0.05, 0) is 42.3 Å². The number of furan rings is 1. The van der Waals surface area contributed by atoms with Crippen LogP contribution in [0.2, 0.25) is 0 Å². The summed E-state index contributed by atoms with van der Waals surface area (Å²) in [6.45, 7) is 4.35. The van der Waals surface area contributed by atoms with Crippen molar-refractivity contribution < 1.29 is 12.8 Å². The molecule has 0 bridgehead atoms. The standard InChI is InChI=1S/C14H17NO3S/c1-11(2)10-15-19(16,17)13-7-5-12(6-8-13)14-4-3-9-18-14/h3-9,11,15H,10H2,1-2H3. The molecular formula is C14H17NO3S. The SMILES string of the molecule is CC(C)CNS(=O)(=O)c1ccc(-c2ccco2)cc1. The highest BCUT2D eigenvalue weighted by Crippen LogP contribution is 2.21. The third kappa shape index (κ3) is 3.45. The van der Waals surface area contributed by atoms with Crippen LogP contribution in [-0.4, -0.2) is 15.0 Å². The van der Waals surface area contributed by atoms with Gasteiger partial charge in [-0.25, -0.2) is 13.1 Å². The monoisotopic (exact) mass is 279 g/mol. The Morgan fingerprint density at radius 2 is 1.84 bits per heavy atom. The highest BCUT2D eigenvalue weighted by Gasteiger charge is 2.14. The fourth-order valence-electron chi connectivity index (χ4n) is 1.60. The number of sulfonamides is 1. The van der Waals surface area contributed by atoms with Crippen LogP contribution in [0.15, 0.2) is 52.0 Å². The molecule has 1 aromatic carbocycles. The third-order valence-electron chi connectivity index (χ3n) is 2.65. The van der Waals surface area contributed by atoms with Gasteiger partial charge in [-0.3, -0.25) is 0 Å². The lowest BCUT2D eigenvalue weighted by Gasteiger charge is -2.09. The van der Waals surface area contributed by atoms with Gasteiger partial charge in [0.25, 0.3) is 0 Å². The highest BCUT2D eigenvalue weighted by atomic mass is 32.2. The van der Waals surface area contributed by atoms with Gasteiger partial charge >= 0.3 is 0 Å². The van der Waals surface area contributed by atoms with Crippen LogP contribution in [0.25, 0.3) is 11.3 Å². The molecule has 1 N–H and O–H groups in total. The van der Waals surface area contributed by atoms with E-state index in [2.05, 4.69) is 4.72 Å². The van der Waals surface area contributed by atoms with Crippen LogP contribution < -0.4 is 4.72 Å². The van der Waals surface area contributed by atoms with Gasteiger partial charge in [0.15, 0.2) is 0 Å². The Labute approximate surface area is 113 Å². The molecule has 102 valence electrons. The first-order valence-corrected chi connectivity index (χ1v) is 7.61. The van der Waals surface area contributed by atoms with Crippen molar-refractivity contribution in [2.75, 3.05) is 6.54 Å². The Bertz CT molecular complexity index is 613. The summed E-state index contributed by atoms with van der Waals surface area (Å²) < 4.78 is 31.8. The van der Waals surface area contributed by atoms with E-state index in [1.54, 1.807) is 36.6 Å². The van der Waals surface area contributed by atoms with Crippen molar-refractivity contribution in [3.8, 4) is 11.3 Å². The highest BCUT2D eigenvalue weighted by molar-refractivity contribution is 7.89. The Morgan fingerprint density at radius 1 is 1.16 bits per heavy atom. The van der Waals surface area contributed by atoms with Gasteiger partial charge in [-0.15, -0.1) is 0 Å². The summed E-state index contributed by atoms with van der Waals surface area (Å²) in [4.78, 5) is 0.267. The first kappa shape index (κ1) is 13.8. The molecule has 4 nitrogen and oxygen atoms in total. The van der Waals surface area contributed by atoms with Crippen LogP contribution >= 0.6 is 0 Å². The third-order valence-corrected chi connectivity index (χ3v) is 4.09. The number of nitrogens with one attached hydrogen (secondary N) is 1. The summed E-state index contributed by atoms with van der Waals surface area (Å²) >= 11 is 0. The second-order valence-corrected chi connectivity index (χ2v) is 6.51. The Kier molecular flexibility index (Phi) is 4.07. The summed E-state index contributed by atoms with van der Waals surface area (Å²) in [7, 11) is -3.42. The van der Waals surface area contributed by atoms with Crippen molar-refractivity contribution >= 4 is 10.0 Å². The summed E-state index contributed by atoms with van der Waals surface area (Å²) in [5, 5.41) is 0. The molecule has 0 unspecified atom stereocenters. The Balaban J connectivity index is 2.18. The average molecular weight is 279 g/mol. The molecule has 5 heteroatoms. The van der Waals surface area contributed by atoms with E-state index >= 15 is 0 Å². The van der Waals surface area contributed by atoms with Crippen LogP contribution in [0.5, 0.6) is 0 Å². The second-order valence-electron chi connectivity index (χ2n) is 4.75. The molecular weight excluding hydrogens is 262 g/mol. The Morgan fingerprint density at radius 3 is 2.37 bits per heavy atom. The van der Waals surface area contributed by atoms with E-state index < -0.39 is 10.0 Å². The predicted molar refractivity (Wildman–Crippen MR) is 74.2 cm³/mol. The lowest BCUT2D eigenvalue weighted by Crippen LogP contribution is -2.27. The zero-order valence-corrected chi connectivity index (χ0v) is 11.8. The number of hydrogen-bond donors (Lipinski definition) is 1. The maximum Gasteiger partial charge on any atom is 0.240 e. The largest absolute Gasteiger partial charge is 0.464 e. The van der Waals surface area contributed by atoms with Crippen molar-refractivity contribution in [3.05, 3.63) is 42.7 Å². The smallest absolute Gasteiger partial charge is 0.240 e. The van der Waals surface area contributed by atoms with Crippen LogP contribution in [0.3, 0.4) is 0 Å². The van der Waals surface area contributed by atoms with Crippen molar-refractivity contribution in [1.82, 2.24) is 4.72 Å². The van der Waals surface area contributed by atoms with E-state index in [4.69, 9.17) is 4.42 Å². The second kappa shape index (κ2) is 5.59. The lowest BCUT2D eigenvalue weighted by molar-refractivity contribution is 0.560. The van der Waals surface area contributed by atoms with Crippen molar-refractivity contribution in [1.29, 1.82) is 0 Å². The van der Waals surface area contributed by atoms with Crippen molar-refractivity contribution in [2.24, 2.45) is 5.92 Å². The molecule has 0 saturated heterocycles. The van der Waals surface area contributed by atoms with E-state index in [1.165, 1.54) is 0 Å². The van der Waals surface area contributed by atoms with Gasteiger partial charge in [0, 0.05) is 12.1 Å². The number of benzene rings is 1. The van der Waals surface area contributed by atoms with E-state index in [-0.39, 0.29) is 10.8 Å². The summed E-state index contributed by atoms with van der Waals surface area (Å²) in [6, 6.07) is 10.3. The Hall–Kier alpha value is -1.59. The maximum absolute atomic E-state index is 12.0. The first-order valence-electron chi connectivity index (χ1n) is 6.12. The van der Waals surface area contributed by atoms with Crippen LogP contribution in [-0.2, 0) is 10.0 Å². The summed E-state index contributed by atoms with van der Waals surface area (Å²) in [6.07, 6.45) is 1.59. The molecule has 0 spiro atoms. The molecule has 1 heterocycles. The van der Waals surface area contributed by atoms with Crippen molar-refractivity contribution in [3.63, 3.8) is 0 Å². The van der Waals surface area contributed by atoms with Crippen molar-refractivity contribution in [2.45, 2.75) is 18.7 Å². The first-order chi connectivity index (χ1) is 8.99. The van der Waals surface area contributed by atoms with Gasteiger partial charge < -0.3 is 4.42 Å². The van der Waals surface area contributed by atoms with Gasteiger partial charge in [-0.2, -0.15) is 0 Å². The fourth-order valence-corrected chi connectivity index (χ4v) is 2.81. The molecule has 0 saturated carbocycles. The zero-order chi connectivity index (χ0) is 13.9. The number of rotatable bonds is 5.